The molecular weight excluding hydrogens is 214 g/mol. The Hall–Kier alpha value is -0.260. The number of hydrogen-bond donors (Lipinski definition) is 1. The van der Waals surface area contributed by atoms with E-state index in [0.717, 1.165) is 19.6 Å². The van der Waals surface area contributed by atoms with E-state index in [4.69, 9.17) is 9.47 Å². The largest absolute Gasteiger partial charge is 0.465 e. The molecule has 1 fully saturated rings. The van der Waals surface area contributed by atoms with Crippen LogP contribution in [0.2, 0.25) is 0 Å². The zero-order chi connectivity index (χ0) is 11.1. The molecule has 15 heavy (non-hydrogen) atoms. The van der Waals surface area contributed by atoms with E-state index in [9.17, 15) is 4.79 Å². The standard InChI is InChI=1S/C10H19NO3S/c1-3-14-10(12)7-15-9-6-13-5-4-8(9)11-2/h8-9,11H,3-7H2,1-2H3. The third-order valence-corrected chi connectivity index (χ3v) is 3.69. The van der Waals surface area contributed by atoms with Crippen LogP contribution in [-0.2, 0) is 14.3 Å². The average Bonchev–Trinajstić information content (AvgIpc) is 2.27. The van der Waals surface area contributed by atoms with Crippen LogP contribution in [0.4, 0.5) is 0 Å². The molecule has 2 unspecified atom stereocenters. The molecule has 1 saturated heterocycles. The van der Waals surface area contributed by atoms with Crippen LogP contribution in [0.1, 0.15) is 13.3 Å². The Morgan fingerprint density at radius 2 is 2.47 bits per heavy atom. The van der Waals surface area contributed by atoms with Gasteiger partial charge in [-0.15, -0.1) is 11.8 Å². The van der Waals surface area contributed by atoms with Crippen molar-refractivity contribution in [2.24, 2.45) is 0 Å². The maximum absolute atomic E-state index is 11.2. The lowest BCUT2D eigenvalue weighted by molar-refractivity contribution is -0.139. The van der Waals surface area contributed by atoms with Crippen LogP contribution in [-0.4, -0.2) is 49.9 Å². The molecule has 0 aromatic heterocycles. The minimum absolute atomic E-state index is 0.136. The highest BCUT2D eigenvalue weighted by molar-refractivity contribution is 8.00. The van der Waals surface area contributed by atoms with Crippen LogP contribution in [0.5, 0.6) is 0 Å². The highest BCUT2D eigenvalue weighted by atomic mass is 32.2. The fraction of sp³-hybridized carbons (Fsp3) is 0.900. The maximum Gasteiger partial charge on any atom is 0.315 e. The number of esters is 1. The molecule has 1 aliphatic rings. The molecule has 5 heteroatoms. The normalized spacial score (nSPS) is 26.3. The van der Waals surface area contributed by atoms with Gasteiger partial charge in [-0.2, -0.15) is 0 Å². The van der Waals surface area contributed by atoms with Crippen molar-refractivity contribution in [2.75, 3.05) is 32.6 Å². The van der Waals surface area contributed by atoms with E-state index in [1.807, 2.05) is 14.0 Å². The number of thioether (sulfide) groups is 1. The molecule has 1 heterocycles. The van der Waals surface area contributed by atoms with Crippen molar-refractivity contribution in [3.8, 4) is 0 Å². The van der Waals surface area contributed by atoms with Crippen molar-refractivity contribution in [3.05, 3.63) is 0 Å². The van der Waals surface area contributed by atoms with E-state index in [1.165, 1.54) is 0 Å². The molecule has 1 N–H and O–H groups in total. The molecule has 88 valence electrons. The van der Waals surface area contributed by atoms with E-state index in [2.05, 4.69) is 5.32 Å². The fourth-order valence-electron chi connectivity index (χ4n) is 1.58. The van der Waals surface area contributed by atoms with E-state index in [0.29, 0.717) is 23.7 Å². The highest BCUT2D eigenvalue weighted by Gasteiger charge is 2.25. The van der Waals surface area contributed by atoms with E-state index in [1.54, 1.807) is 11.8 Å². The minimum atomic E-state index is -0.136. The molecule has 0 bridgehead atoms. The molecule has 1 aliphatic heterocycles. The first-order chi connectivity index (χ1) is 7.27. The first kappa shape index (κ1) is 12.8. The molecule has 0 amide bonds. The third-order valence-electron chi connectivity index (χ3n) is 2.40. The number of hydrogen-bond acceptors (Lipinski definition) is 5. The second kappa shape index (κ2) is 7.09. The van der Waals surface area contributed by atoms with Gasteiger partial charge in [-0.1, -0.05) is 0 Å². The van der Waals surface area contributed by atoms with Crippen molar-refractivity contribution in [1.29, 1.82) is 0 Å². The number of carbonyl (C=O) groups is 1. The summed E-state index contributed by atoms with van der Waals surface area (Å²) in [6, 6.07) is 0.443. The first-order valence-corrected chi connectivity index (χ1v) is 6.35. The molecule has 0 spiro atoms. The van der Waals surface area contributed by atoms with Gasteiger partial charge >= 0.3 is 5.97 Å². The van der Waals surface area contributed by atoms with Gasteiger partial charge in [0.15, 0.2) is 0 Å². The van der Waals surface area contributed by atoms with Crippen LogP contribution in [0.25, 0.3) is 0 Å². The smallest absolute Gasteiger partial charge is 0.315 e. The van der Waals surface area contributed by atoms with Crippen molar-refractivity contribution in [2.45, 2.75) is 24.6 Å². The van der Waals surface area contributed by atoms with Gasteiger partial charge in [0.2, 0.25) is 0 Å². The lowest BCUT2D eigenvalue weighted by Gasteiger charge is -2.30. The zero-order valence-corrected chi connectivity index (χ0v) is 10.1. The monoisotopic (exact) mass is 233 g/mol. The summed E-state index contributed by atoms with van der Waals surface area (Å²) in [5, 5.41) is 3.61. The van der Waals surface area contributed by atoms with Gasteiger partial charge in [0.25, 0.3) is 0 Å². The fourth-order valence-corrected chi connectivity index (χ4v) is 2.71. The van der Waals surface area contributed by atoms with Gasteiger partial charge in [0.1, 0.15) is 0 Å². The number of nitrogens with one attached hydrogen (secondary N) is 1. The zero-order valence-electron chi connectivity index (χ0n) is 9.32. The van der Waals surface area contributed by atoms with Crippen LogP contribution in [0.15, 0.2) is 0 Å². The second-order valence-electron chi connectivity index (χ2n) is 3.41. The quantitative estimate of drug-likeness (QED) is 0.707. The molecule has 0 aromatic rings. The number of rotatable bonds is 5. The lowest BCUT2D eigenvalue weighted by atomic mass is 10.1. The van der Waals surface area contributed by atoms with Crippen molar-refractivity contribution in [3.63, 3.8) is 0 Å². The van der Waals surface area contributed by atoms with E-state index >= 15 is 0 Å². The Morgan fingerprint density at radius 1 is 1.67 bits per heavy atom. The second-order valence-corrected chi connectivity index (χ2v) is 4.64. The summed E-state index contributed by atoms with van der Waals surface area (Å²) in [5.74, 6) is 0.281. The van der Waals surface area contributed by atoms with Crippen LogP contribution in [0, 0.1) is 0 Å². The minimum Gasteiger partial charge on any atom is -0.465 e. The summed E-state index contributed by atoms with van der Waals surface area (Å²) in [5.41, 5.74) is 0. The lowest BCUT2D eigenvalue weighted by Crippen LogP contribution is -2.43. The average molecular weight is 233 g/mol. The van der Waals surface area contributed by atoms with Gasteiger partial charge in [-0.25, -0.2) is 0 Å². The molecule has 4 nitrogen and oxygen atoms in total. The first-order valence-electron chi connectivity index (χ1n) is 5.30. The summed E-state index contributed by atoms with van der Waals surface area (Å²) in [6.45, 7) is 3.80. The Bertz CT molecular complexity index is 201. The van der Waals surface area contributed by atoms with Crippen LogP contribution in [0.3, 0.4) is 0 Å². The van der Waals surface area contributed by atoms with Gasteiger partial charge in [0.05, 0.1) is 19.0 Å². The number of carbonyl (C=O) groups excluding carboxylic acids is 1. The molecular formula is C10H19NO3S. The maximum atomic E-state index is 11.2. The Labute approximate surface area is 95.1 Å². The summed E-state index contributed by atoms with van der Waals surface area (Å²) >= 11 is 1.62. The molecule has 1 rings (SSSR count). The van der Waals surface area contributed by atoms with Crippen LogP contribution < -0.4 is 5.32 Å². The molecule has 0 saturated carbocycles. The van der Waals surface area contributed by atoms with Gasteiger partial charge < -0.3 is 14.8 Å². The topological polar surface area (TPSA) is 47.6 Å². The van der Waals surface area contributed by atoms with Crippen molar-refractivity contribution < 1.29 is 14.3 Å². The molecule has 0 aliphatic carbocycles. The van der Waals surface area contributed by atoms with Gasteiger partial charge in [0, 0.05) is 17.9 Å². The Balaban J connectivity index is 2.26. The Kier molecular flexibility index (Phi) is 6.05. The predicted molar refractivity (Wildman–Crippen MR) is 61.2 cm³/mol. The summed E-state index contributed by atoms with van der Waals surface area (Å²) in [7, 11) is 1.95. The Morgan fingerprint density at radius 3 is 3.13 bits per heavy atom. The summed E-state index contributed by atoms with van der Waals surface area (Å²) < 4.78 is 10.3. The summed E-state index contributed by atoms with van der Waals surface area (Å²) in [6.07, 6.45) is 1.01. The van der Waals surface area contributed by atoms with Crippen molar-refractivity contribution in [1.82, 2.24) is 5.32 Å². The van der Waals surface area contributed by atoms with Crippen LogP contribution >= 0.6 is 11.8 Å². The third kappa shape index (κ3) is 4.40. The van der Waals surface area contributed by atoms with E-state index in [-0.39, 0.29) is 5.97 Å². The van der Waals surface area contributed by atoms with Crippen molar-refractivity contribution >= 4 is 17.7 Å². The molecule has 2 atom stereocenters. The van der Waals surface area contributed by atoms with Gasteiger partial charge in [-0.3, -0.25) is 4.79 Å². The highest BCUT2D eigenvalue weighted by Crippen LogP contribution is 2.21. The van der Waals surface area contributed by atoms with Gasteiger partial charge in [-0.05, 0) is 20.4 Å². The number of ether oxygens (including phenoxy) is 2. The summed E-state index contributed by atoms with van der Waals surface area (Å²) in [4.78, 5) is 11.2. The SMILES string of the molecule is CCOC(=O)CSC1COCCC1NC. The van der Waals surface area contributed by atoms with E-state index < -0.39 is 0 Å². The molecule has 0 radical (unpaired) electrons. The predicted octanol–water partition coefficient (Wildman–Crippen LogP) is 0.660. The molecule has 0 aromatic carbocycles.